The fourth-order valence-electron chi connectivity index (χ4n) is 3.83. The number of nitrogens with zero attached hydrogens (tertiary/aromatic N) is 2. The summed E-state index contributed by atoms with van der Waals surface area (Å²) in [4.78, 5) is 14.2. The molecule has 0 saturated carbocycles. The lowest BCUT2D eigenvalue weighted by molar-refractivity contribution is -0.139. The summed E-state index contributed by atoms with van der Waals surface area (Å²) in [5, 5.41) is 0. The number of rotatable bonds is 3. The van der Waals surface area contributed by atoms with E-state index in [9.17, 15) is 13.2 Å². The lowest BCUT2D eigenvalue weighted by Gasteiger charge is -2.47. The molecule has 1 atom stereocenters. The molecule has 3 rings (SSSR count). The Morgan fingerprint density at radius 3 is 2.57 bits per heavy atom. The zero-order valence-corrected chi connectivity index (χ0v) is 14.4. The third-order valence-corrected chi connectivity index (χ3v) is 6.31. The van der Waals surface area contributed by atoms with Crippen molar-refractivity contribution in [1.29, 1.82) is 0 Å². The second kappa shape index (κ2) is 6.24. The summed E-state index contributed by atoms with van der Waals surface area (Å²) < 4.78 is 25.4. The summed E-state index contributed by atoms with van der Waals surface area (Å²) in [6, 6.07) is 9.97. The third kappa shape index (κ3) is 3.75. The van der Waals surface area contributed by atoms with Gasteiger partial charge in [-0.3, -0.25) is 4.79 Å². The van der Waals surface area contributed by atoms with Gasteiger partial charge in [-0.1, -0.05) is 30.3 Å². The zero-order chi connectivity index (χ0) is 16.5. The van der Waals surface area contributed by atoms with Crippen molar-refractivity contribution in [2.24, 2.45) is 5.41 Å². The van der Waals surface area contributed by atoms with E-state index in [2.05, 4.69) is 0 Å². The van der Waals surface area contributed by atoms with Gasteiger partial charge in [-0.15, -0.1) is 0 Å². The van der Waals surface area contributed by atoms with Crippen LogP contribution in [0.4, 0.5) is 0 Å². The van der Waals surface area contributed by atoms with Gasteiger partial charge in [0, 0.05) is 38.0 Å². The first-order chi connectivity index (χ1) is 10.9. The fourth-order valence-corrected chi connectivity index (χ4v) is 4.80. The molecule has 5 nitrogen and oxygen atoms in total. The number of carbonyl (C=O) groups excluding carboxylic acids is 1. The number of carbonyl (C=O) groups is 1. The van der Waals surface area contributed by atoms with E-state index in [1.807, 2.05) is 35.2 Å². The van der Waals surface area contributed by atoms with E-state index in [4.69, 9.17) is 0 Å². The van der Waals surface area contributed by atoms with Gasteiger partial charge in [0.05, 0.1) is 6.26 Å². The summed E-state index contributed by atoms with van der Waals surface area (Å²) in [5.41, 5.74) is 1.04. The number of sulfonamides is 1. The van der Waals surface area contributed by atoms with E-state index in [0.717, 1.165) is 24.8 Å². The van der Waals surface area contributed by atoms with Crippen LogP contribution in [0, 0.1) is 5.41 Å². The molecular weight excluding hydrogens is 312 g/mol. The molecule has 2 fully saturated rings. The summed E-state index contributed by atoms with van der Waals surface area (Å²) in [7, 11) is -3.16. The van der Waals surface area contributed by atoms with Gasteiger partial charge in [-0.05, 0) is 24.8 Å². The Kier molecular flexibility index (Phi) is 4.47. The van der Waals surface area contributed by atoms with E-state index >= 15 is 0 Å². The Morgan fingerprint density at radius 2 is 1.87 bits per heavy atom. The van der Waals surface area contributed by atoms with Crippen molar-refractivity contribution < 1.29 is 13.2 Å². The van der Waals surface area contributed by atoms with Crippen LogP contribution in [-0.2, 0) is 21.4 Å². The average Bonchev–Trinajstić information content (AvgIpc) is 2.52. The van der Waals surface area contributed by atoms with Gasteiger partial charge in [-0.2, -0.15) is 0 Å². The van der Waals surface area contributed by atoms with Crippen LogP contribution in [0.3, 0.4) is 0 Å². The van der Waals surface area contributed by atoms with E-state index in [1.165, 1.54) is 6.26 Å². The average molecular weight is 336 g/mol. The maximum Gasteiger partial charge on any atom is 0.222 e. The summed E-state index contributed by atoms with van der Waals surface area (Å²) in [6.07, 6.45) is 4.47. The van der Waals surface area contributed by atoms with Crippen LogP contribution >= 0.6 is 0 Å². The molecule has 1 aromatic rings. The van der Waals surface area contributed by atoms with Gasteiger partial charge in [0.25, 0.3) is 0 Å². The molecule has 1 aromatic carbocycles. The van der Waals surface area contributed by atoms with Crippen LogP contribution in [0.25, 0.3) is 0 Å². The molecule has 2 aliphatic rings. The van der Waals surface area contributed by atoms with Gasteiger partial charge >= 0.3 is 0 Å². The Balaban J connectivity index is 1.75. The molecule has 0 aromatic heterocycles. The highest BCUT2D eigenvalue weighted by Crippen LogP contribution is 2.39. The van der Waals surface area contributed by atoms with Crippen LogP contribution in [0.1, 0.15) is 31.2 Å². The third-order valence-electron chi connectivity index (χ3n) is 5.06. The van der Waals surface area contributed by atoms with E-state index in [-0.39, 0.29) is 11.3 Å². The zero-order valence-electron chi connectivity index (χ0n) is 13.6. The number of likely N-dealkylation sites (tertiary alicyclic amines) is 1. The Hall–Kier alpha value is -1.40. The molecule has 0 N–H and O–H groups in total. The van der Waals surface area contributed by atoms with Gasteiger partial charge in [-0.25, -0.2) is 12.7 Å². The molecule has 2 aliphatic heterocycles. The molecule has 0 radical (unpaired) electrons. The molecule has 1 spiro atoms. The van der Waals surface area contributed by atoms with Crippen LogP contribution in [0.15, 0.2) is 30.3 Å². The lowest BCUT2D eigenvalue weighted by atomic mass is 9.74. The predicted octanol–water partition coefficient (Wildman–Crippen LogP) is 1.85. The smallest absolute Gasteiger partial charge is 0.222 e. The molecule has 126 valence electrons. The highest BCUT2D eigenvalue weighted by Gasteiger charge is 2.43. The van der Waals surface area contributed by atoms with Crippen molar-refractivity contribution in [3.05, 3.63) is 35.9 Å². The standard InChI is InChI=1S/C17H24N2O3S/c1-23(21,22)19-11-5-9-17(14-19)10-8-16(20)18(13-17)12-15-6-3-2-4-7-15/h2-4,6-7H,5,8-14H2,1H3/t17-/m1/s1. The minimum Gasteiger partial charge on any atom is -0.338 e. The summed E-state index contributed by atoms with van der Waals surface area (Å²) in [6.45, 7) is 2.42. The van der Waals surface area contributed by atoms with E-state index in [0.29, 0.717) is 32.6 Å². The number of benzene rings is 1. The fraction of sp³-hybridized carbons (Fsp3) is 0.588. The summed E-state index contributed by atoms with van der Waals surface area (Å²) >= 11 is 0. The molecule has 2 heterocycles. The quantitative estimate of drug-likeness (QED) is 0.846. The van der Waals surface area contributed by atoms with Crippen LogP contribution in [0.2, 0.25) is 0 Å². The van der Waals surface area contributed by atoms with E-state index < -0.39 is 10.0 Å². The number of hydrogen-bond donors (Lipinski definition) is 0. The SMILES string of the molecule is CS(=O)(=O)N1CCC[C@]2(CCC(=O)N(Cc3ccccc3)C2)C1. The Morgan fingerprint density at radius 1 is 1.13 bits per heavy atom. The molecule has 2 saturated heterocycles. The first-order valence-electron chi connectivity index (χ1n) is 8.15. The molecular formula is C17H24N2O3S. The Bertz CT molecular complexity index is 674. The largest absolute Gasteiger partial charge is 0.338 e. The van der Waals surface area contributed by atoms with E-state index in [1.54, 1.807) is 4.31 Å². The van der Waals surface area contributed by atoms with Gasteiger partial charge in [0.2, 0.25) is 15.9 Å². The molecule has 23 heavy (non-hydrogen) atoms. The summed E-state index contributed by atoms with van der Waals surface area (Å²) in [5.74, 6) is 0.177. The van der Waals surface area contributed by atoms with Crippen molar-refractivity contribution in [3.63, 3.8) is 0 Å². The first kappa shape index (κ1) is 16.5. The number of piperidine rings is 2. The molecule has 6 heteroatoms. The van der Waals surface area contributed by atoms with Crippen molar-refractivity contribution in [2.45, 2.75) is 32.2 Å². The first-order valence-corrected chi connectivity index (χ1v) is 10.00. The second-order valence-electron chi connectivity index (χ2n) is 6.94. The van der Waals surface area contributed by atoms with Crippen LogP contribution in [-0.4, -0.2) is 49.4 Å². The van der Waals surface area contributed by atoms with Crippen molar-refractivity contribution in [2.75, 3.05) is 25.9 Å². The minimum absolute atomic E-state index is 0.0793. The monoisotopic (exact) mass is 336 g/mol. The van der Waals surface area contributed by atoms with Gasteiger partial charge in [0.15, 0.2) is 0 Å². The maximum atomic E-state index is 12.3. The minimum atomic E-state index is -3.16. The van der Waals surface area contributed by atoms with Crippen LogP contribution in [0.5, 0.6) is 0 Å². The molecule has 0 aliphatic carbocycles. The highest BCUT2D eigenvalue weighted by molar-refractivity contribution is 7.88. The lowest BCUT2D eigenvalue weighted by Crippen LogP contribution is -2.54. The second-order valence-corrected chi connectivity index (χ2v) is 8.92. The maximum absolute atomic E-state index is 12.3. The van der Waals surface area contributed by atoms with Crippen molar-refractivity contribution in [1.82, 2.24) is 9.21 Å². The number of amides is 1. The van der Waals surface area contributed by atoms with Gasteiger partial charge < -0.3 is 4.90 Å². The normalized spacial score (nSPS) is 26.7. The van der Waals surface area contributed by atoms with Crippen LogP contribution < -0.4 is 0 Å². The topological polar surface area (TPSA) is 57.7 Å². The molecule has 0 bridgehead atoms. The Labute approximate surface area is 138 Å². The highest BCUT2D eigenvalue weighted by atomic mass is 32.2. The van der Waals surface area contributed by atoms with Crippen molar-refractivity contribution >= 4 is 15.9 Å². The molecule has 1 amide bonds. The molecule has 0 unspecified atom stereocenters. The van der Waals surface area contributed by atoms with Gasteiger partial charge in [0.1, 0.15) is 0 Å². The number of hydrogen-bond acceptors (Lipinski definition) is 3. The van der Waals surface area contributed by atoms with Crippen molar-refractivity contribution in [3.8, 4) is 0 Å². The predicted molar refractivity (Wildman–Crippen MR) is 89.2 cm³/mol.